The number of rotatable bonds is 1. The van der Waals surface area contributed by atoms with Gasteiger partial charge in [0.25, 0.3) is 0 Å². The lowest BCUT2D eigenvalue weighted by Crippen LogP contribution is -2.04. The van der Waals surface area contributed by atoms with E-state index < -0.39 is 11.7 Å². The van der Waals surface area contributed by atoms with Crippen LogP contribution in [0.4, 0.5) is 17.6 Å². The molecule has 0 aliphatic carbocycles. The highest BCUT2D eigenvalue weighted by molar-refractivity contribution is 14.1. The van der Waals surface area contributed by atoms with Gasteiger partial charge in [-0.15, -0.1) is 0 Å². The summed E-state index contributed by atoms with van der Waals surface area (Å²) in [4.78, 5) is 7.09. The van der Waals surface area contributed by atoms with Crippen LogP contribution in [0.1, 0.15) is 5.56 Å². The summed E-state index contributed by atoms with van der Waals surface area (Å²) in [5, 5.41) is 0. The van der Waals surface area contributed by atoms with Gasteiger partial charge in [-0.25, -0.2) is 9.37 Å². The molecule has 0 aliphatic rings. The van der Waals surface area contributed by atoms with Gasteiger partial charge in [0.2, 0.25) is 0 Å². The summed E-state index contributed by atoms with van der Waals surface area (Å²) in [5.41, 5.74) is 0.624. The number of alkyl halides is 3. The molecule has 0 spiro atoms. The van der Waals surface area contributed by atoms with Crippen LogP contribution in [0, 0.1) is 9.39 Å². The van der Waals surface area contributed by atoms with Crippen molar-refractivity contribution in [1.82, 2.24) is 9.97 Å². The van der Waals surface area contributed by atoms with Crippen molar-refractivity contribution in [2.75, 3.05) is 0 Å². The van der Waals surface area contributed by atoms with E-state index in [9.17, 15) is 17.6 Å². The van der Waals surface area contributed by atoms with E-state index in [0.29, 0.717) is 26.0 Å². The van der Waals surface area contributed by atoms with Gasteiger partial charge in [-0.3, -0.25) is 0 Å². The van der Waals surface area contributed by atoms with E-state index >= 15 is 0 Å². The van der Waals surface area contributed by atoms with Crippen LogP contribution in [0.2, 0.25) is 0 Å². The Balaban J connectivity index is 2.13. The smallest absolute Gasteiger partial charge is 0.338 e. The second kappa shape index (κ2) is 4.97. The van der Waals surface area contributed by atoms with E-state index in [2.05, 4.69) is 9.97 Å². The third kappa shape index (κ3) is 2.74. The second-order valence-corrected chi connectivity index (χ2v) is 5.60. The number of nitrogens with one attached hydrogen (secondary N) is 1. The number of fused-ring (bicyclic) bond motifs is 1. The molecule has 1 aromatic heterocycles. The Bertz CT molecular complexity index is 823. The number of halogens is 5. The predicted molar refractivity (Wildman–Crippen MR) is 79.2 cm³/mol. The van der Waals surface area contributed by atoms with Crippen LogP contribution in [0.5, 0.6) is 0 Å². The highest BCUT2D eigenvalue weighted by Gasteiger charge is 2.30. The zero-order valence-corrected chi connectivity index (χ0v) is 12.5. The summed E-state index contributed by atoms with van der Waals surface area (Å²) in [6, 6.07) is 7.48. The van der Waals surface area contributed by atoms with Crippen LogP contribution in [0.3, 0.4) is 0 Å². The Kier molecular flexibility index (Phi) is 3.39. The molecule has 0 unspecified atom stereocenters. The molecule has 3 aromatic rings. The van der Waals surface area contributed by atoms with Gasteiger partial charge in [0.05, 0.1) is 16.6 Å². The molecule has 0 radical (unpaired) electrons. The van der Waals surface area contributed by atoms with Crippen LogP contribution >= 0.6 is 22.6 Å². The predicted octanol–water partition coefficient (Wildman–Crippen LogP) is 4.99. The minimum absolute atomic E-state index is 0.292. The molecule has 108 valence electrons. The lowest BCUT2D eigenvalue weighted by molar-refractivity contribution is -0.137. The number of imidazole rings is 1. The number of hydrogen-bond acceptors (Lipinski definition) is 1. The molecule has 21 heavy (non-hydrogen) atoms. The van der Waals surface area contributed by atoms with Crippen molar-refractivity contribution in [2.24, 2.45) is 0 Å². The fourth-order valence-electron chi connectivity index (χ4n) is 2.00. The molecule has 1 heterocycles. The van der Waals surface area contributed by atoms with Crippen LogP contribution in [0.15, 0.2) is 36.4 Å². The van der Waals surface area contributed by atoms with E-state index in [1.807, 2.05) is 22.6 Å². The molecular formula is C14H7F4IN2. The van der Waals surface area contributed by atoms with E-state index in [1.54, 1.807) is 6.07 Å². The normalized spacial score (nSPS) is 12.0. The average Bonchev–Trinajstić information content (AvgIpc) is 2.79. The first-order valence-electron chi connectivity index (χ1n) is 5.87. The summed E-state index contributed by atoms with van der Waals surface area (Å²) in [6.45, 7) is 0. The van der Waals surface area contributed by atoms with Crippen LogP contribution in [-0.2, 0) is 6.18 Å². The first-order valence-corrected chi connectivity index (χ1v) is 6.95. The van der Waals surface area contributed by atoms with Crippen molar-refractivity contribution in [3.63, 3.8) is 0 Å². The van der Waals surface area contributed by atoms with Gasteiger partial charge in [-0.2, -0.15) is 13.2 Å². The van der Waals surface area contributed by atoms with E-state index in [4.69, 9.17) is 0 Å². The zero-order valence-electron chi connectivity index (χ0n) is 10.3. The molecule has 0 amide bonds. The monoisotopic (exact) mass is 406 g/mol. The Labute approximate surface area is 130 Å². The fraction of sp³-hybridized carbons (Fsp3) is 0.0714. The van der Waals surface area contributed by atoms with E-state index in [0.717, 1.165) is 12.1 Å². The van der Waals surface area contributed by atoms with Crippen molar-refractivity contribution in [1.29, 1.82) is 0 Å². The van der Waals surface area contributed by atoms with Crippen molar-refractivity contribution >= 4 is 33.6 Å². The molecule has 1 N–H and O–H groups in total. The zero-order chi connectivity index (χ0) is 15.2. The first-order chi connectivity index (χ1) is 9.84. The van der Waals surface area contributed by atoms with Gasteiger partial charge in [0.15, 0.2) is 0 Å². The first kappa shape index (κ1) is 14.3. The summed E-state index contributed by atoms with van der Waals surface area (Å²) >= 11 is 1.95. The van der Waals surface area contributed by atoms with Gasteiger partial charge in [-0.1, -0.05) is 0 Å². The summed E-state index contributed by atoms with van der Waals surface area (Å²) in [7, 11) is 0. The third-order valence-corrected chi connectivity index (χ3v) is 3.89. The van der Waals surface area contributed by atoms with Crippen LogP contribution in [-0.4, -0.2) is 9.97 Å². The standard InChI is InChI=1S/C14H7F4IN2/c15-8-2-3-9(10(19)6-8)13-20-11-4-1-7(14(16,17)18)5-12(11)21-13/h1-6H,(H,20,21). The summed E-state index contributed by atoms with van der Waals surface area (Å²) in [5.74, 6) is 0.0346. The van der Waals surface area contributed by atoms with Gasteiger partial charge in [0, 0.05) is 9.13 Å². The molecule has 0 atom stereocenters. The Morgan fingerprint density at radius 3 is 2.48 bits per heavy atom. The van der Waals surface area contributed by atoms with Gasteiger partial charge < -0.3 is 4.98 Å². The van der Waals surface area contributed by atoms with E-state index in [1.165, 1.54) is 18.2 Å². The summed E-state index contributed by atoms with van der Waals surface area (Å²) < 4.78 is 51.7. The van der Waals surface area contributed by atoms with Crippen molar-refractivity contribution < 1.29 is 17.6 Å². The molecule has 0 bridgehead atoms. The molecule has 0 saturated heterocycles. The highest BCUT2D eigenvalue weighted by atomic mass is 127. The number of benzene rings is 2. The molecule has 0 aliphatic heterocycles. The SMILES string of the molecule is Fc1ccc(-c2nc3ccc(C(F)(F)F)cc3[nH]2)c(I)c1. The number of H-pyrrole nitrogens is 1. The number of aromatic nitrogens is 2. The van der Waals surface area contributed by atoms with E-state index in [-0.39, 0.29) is 5.82 Å². The van der Waals surface area contributed by atoms with Gasteiger partial charge in [-0.05, 0) is 59.0 Å². The third-order valence-electron chi connectivity index (χ3n) is 3.00. The minimum atomic E-state index is -4.40. The molecule has 2 nitrogen and oxygen atoms in total. The van der Waals surface area contributed by atoms with Crippen molar-refractivity contribution in [2.45, 2.75) is 6.18 Å². The number of aromatic amines is 1. The highest BCUT2D eigenvalue weighted by Crippen LogP contribution is 2.32. The summed E-state index contributed by atoms with van der Waals surface area (Å²) in [6.07, 6.45) is -4.40. The maximum absolute atomic E-state index is 13.1. The van der Waals surface area contributed by atoms with Gasteiger partial charge in [0.1, 0.15) is 11.6 Å². The largest absolute Gasteiger partial charge is 0.416 e. The van der Waals surface area contributed by atoms with Crippen molar-refractivity contribution in [3.8, 4) is 11.4 Å². The average molecular weight is 406 g/mol. The number of hydrogen-bond donors (Lipinski definition) is 1. The lowest BCUT2D eigenvalue weighted by atomic mass is 10.2. The second-order valence-electron chi connectivity index (χ2n) is 4.44. The molecule has 2 aromatic carbocycles. The molecule has 7 heteroatoms. The van der Waals surface area contributed by atoms with Crippen LogP contribution in [0.25, 0.3) is 22.4 Å². The van der Waals surface area contributed by atoms with Crippen molar-refractivity contribution in [3.05, 3.63) is 51.3 Å². The quantitative estimate of drug-likeness (QED) is 0.448. The molecule has 0 saturated carbocycles. The molecular weight excluding hydrogens is 399 g/mol. The Morgan fingerprint density at radius 2 is 1.81 bits per heavy atom. The maximum atomic E-state index is 13.1. The van der Waals surface area contributed by atoms with Crippen LogP contribution < -0.4 is 0 Å². The van der Waals surface area contributed by atoms with Gasteiger partial charge >= 0.3 is 6.18 Å². The number of nitrogens with zero attached hydrogens (tertiary/aromatic N) is 1. The molecule has 0 fully saturated rings. The maximum Gasteiger partial charge on any atom is 0.416 e. The molecule has 3 rings (SSSR count). The minimum Gasteiger partial charge on any atom is -0.338 e. The topological polar surface area (TPSA) is 28.7 Å². The fourth-order valence-corrected chi connectivity index (χ4v) is 2.73. The Hall–Kier alpha value is -1.64. The lowest BCUT2D eigenvalue weighted by Gasteiger charge is -2.05. The Morgan fingerprint density at radius 1 is 1.05 bits per heavy atom.